The molecule has 0 amide bonds. The molecular weight excluding hydrogens is 380 g/mol. The summed E-state index contributed by atoms with van der Waals surface area (Å²) in [6, 6.07) is 9.52. The Balaban J connectivity index is 2.22. The molecule has 2 aromatic rings. The van der Waals surface area contributed by atoms with Crippen molar-refractivity contribution in [1.82, 2.24) is 0 Å². The molecule has 1 N–H and O–H groups in total. The minimum Gasteiger partial charge on any atom is -0.378 e. The van der Waals surface area contributed by atoms with Crippen molar-refractivity contribution < 1.29 is 8.78 Å². The molecule has 0 radical (unpaired) electrons. The Morgan fingerprint density at radius 1 is 1.00 bits per heavy atom. The number of hydrogen-bond donors (Lipinski definition) is 1. The highest BCUT2D eigenvalue weighted by atomic mass is 79.9. The third kappa shape index (κ3) is 3.54. The smallest absolute Gasteiger partial charge is 0.159 e. The maximum atomic E-state index is 13.2. The van der Waals surface area contributed by atoms with Crippen molar-refractivity contribution in [2.75, 3.05) is 5.32 Å². The fraction of sp³-hybridized carbons (Fsp3) is 0.143. The molecule has 19 heavy (non-hydrogen) atoms. The van der Waals surface area contributed by atoms with Crippen molar-refractivity contribution in [3.8, 4) is 0 Å². The summed E-state index contributed by atoms with van der Waals surface area (Å²) in [5.41, 5.74) is 1.57. The quantitative estimate of drug-likeness (QED) is 0.712. The van der Waals surface area contributed by atoms with E-state index in [0.29, 0.717) is 5.56 Å². The zero-order valence-corrected chi connectivity index (χ0v) is 13.2. The zero-order valence-electron chi connectivity index (χ0n) is 10.1. The Morgan fingerprint density at radius 2 is 1.74 bits per heavy atom. The van der Waals surface area contributed by atoms with Crippen LogP contribution in [-0.2, 0) is 0 Å². The molecule has 0 aliphatic carbocycles. The van der Waals surface area contributed by atoms with Gasteiger partial charge in [-0.3, -0.25) is 0 Å². The molecule has 0 aliphatic heterocycles. The standard InChI is InChI=1S/C14H11Br2F2N/c1-8(9-2-5-12(17)13(18)6-9)19-14-7-10(15)3-4-11(14)16/h2-8,19H,1H3. The van der Waals surface area contributed by atoms with Crippen LogP contribution < -0.4 is 5.32 Å². The van der Waals surface area contributed by atoms with E-state index in [-0.39, 0.29) is 6.04 Å². The fourth-order valence-corrected chi connectivity index (χ4v) is 2.43. The van der Waals surface area contributed by atoms with Gasteiger partial charge < -0.3 is 5.32 Å². The van der Waals surface area contributed by atoms with Gasteiger partial charge in [0.05, 0.1) is 5.69 Å². The molecule has 0 saturated heterocycles. The first-order chi connectivity index (χ1) is 8.97. The van der Waals surface area contributed by atoms with Crippen LogP contribution in [0.15, 0.2) is 45.3 Å². The van der Waals surface area contributed by atoms with E-state index < -0.39 is 11.6 Å². The summed E-state index contributed by atoms with van der Waals surface area (Å²) in [5, 5.41) is 3.25. The first-order valence-electron chi connectivity index (χ1n) is 5.64. The SMILES string of the molecule is CC(Nc1cc(Br)ccc1Br)c1ccc(F)c(F)c1. The van der Waals surface area contributed by atoms with Crippen LogP contribution in [0.3, 0.4) is 0 Å². The number of rotatable bonds is 3. The highest BCUT2D eigenvalue weighted by Gasteiger charge is 2.10. The third-order valence-corrected chi connectivity index (χ3v) is 3.93. The molecule has 5 heteroatoms. The van der Waals surface area contributed by atoms with Crippen molar-refractivity contribution in [3.63, 3.8) is 0 Å². The summed E-state index contributed by atoms with van der Waals surface area (Å²) in [6.07, 6.45) is 0. The normalized spacial score (nSPS) is 12.3. The first kappa shape index (κ1) is 14.5. The molecular formula is C14H11Br2F2N. The van der Waals surface area contributed by atoms with Crippen LogP contribution in [0.4, 0.5) is 14.5 Å². The fourth-order valence-electron chi connectivity index (χ4n) is 1.71. The highest BCUT2D eigenvalue weighted by Crippen LogP contribution is 2.29. The van der Waals surface area contributed by atoms with Crippen LogP contribution in [-0.4, -0.2) is 0 Å². The van der Waals surface area contributed by atoms with Crippen molar-refractivity contribution in [1.29, 1.82) is 0 Å². The predicted octanol–water partition coefficient (Wildman–Crippen LogP) is 5.66. The Labute approximate surface area is 127 Å². The first-order valence-corrected chi connectivity index (χ1v) is 7.22. The molecule has 1 atom stereocenters. The largest absolute Gasteiger partial charge is 0.378 e. The van der Waals surface area contributed by atoms with Crippen molar-refractivity contribution >= 4 is 37.5 Å². The average molecular weight is 391 g/mol. The summed E-state index contributed by atoms with van der Waals surface area (Å²) in [7, 11) is 0. The summed E-state index contributed by atoms with van der Waals surface area (Å²) in [5.74, 6) is -1.67. The molecule has 0 aromatic heterocycles. The topological polar surface area (TPSA) is 12.0 Å². The third-order valence-electron chi connectivity index (χ3n) is 2.74. The van der Waals surface area contributed by atoms with E-state index in [1.54, 1.807) is 6.07 Å². The summed E-state index contributed by atoms with van der Waals surface area (Å²) < 4.78 is 27.9. The molecule has 0 saturated carbocycles. The summed E-state index contributed by atoms with van der Waals surface area (Å²) in [6.45, 7) is 1.89. The van der Waals surface area contributed by atoms with Gasteiger partial charge in [0.15, 0.2) is 11.6 Å². The van der Waals surface area contributed by atoms with Crippen LogP contribution in [0.2, 0.25) is 0 Å². The second kappa shape index (κ2) is 6.01. The lowest BCUT2D eigenvalue weighted by molar-refractivity contribution is 0.506. The van der Waals surface area contributed by atoms with E-state index in [2.05, 4.69) is 37.2 Å². The number of benzene rings is 2. The highest BCUT2D eigenvalue weighted by molar-refractivity contribution is 9.11. The van der Waals surface area contributed by atoms with Crippen LogP contribution >= 0.6 is 31.9 Å². The molecule has 0 aliphatic rings. The lowest BCUT2D eigenvalue weighted by Crippen LogP contribution is -2.07. The van der Waals surface area contributed by atoms with Gasteiger partial charge in [-0.05, 0) is 58.7 Å². The molecule has 1 nitrogen and oxygen atoms in total. The van der Waals surface area contributed by atoms with Gasteiger partial charge in [0, 0.05) is 15.0 Å². The predicted molar refractivity (Wildman–Crippen MR) is 80.2 cm³/mol. The van der Waals surface area contributed by atoms with Crippen LogP contribution in [0.25, 0.3) is 0 Å². The van der Waals surface area contributed by atoms with Crippen LogP contribution in [0.1, 0.15) is 18.5 Å². The minimum absolute atomic E-state index is 0.138. The van der Waals surface area contributed by atoms with Crippen LogP contribution in [0.5, 0.6) is 0 Å². The van der Waals surface area contributed by atoms with Gasteiger partial charge in [-0.25, -0.2) is 8.78 Å². The van der Waals surface area contributed by atoms with Gasteiger partial charge in [-0.15, -0.1) is 0 Å². The van der Waals surface area contributed by atoms with Gasteiger partial charge in [0.1, 0.15) is 0 Å². The van der Waals surface area contributed by atoms with E-state index in [1.165, 1.54) is 6.07 Å². The lowest BCUT2D eigenvalue weighted by atomic mass is 10.1. The Hall–Kier alpha value is -0.940. The Bertz CT molecular complexity index is 602. The lowest BCUT2D eigenvalue weighted by Gasteiger charge is -2.17. The number of anilines is 1. The zero-order chi connectivity index (χ0) is 14.0. The second-order valence-electron chi connectivity index (χ2n) is 4.16. The number of nitrogens with one attached hydrogen (secondary N) is 1. The van der Waals surface area contributed by atoms with Crippen molar-refractivity contribution in [2.45, 2.75) is 13.0 Å². The van der Waals surface area contributed by atoms with E-state index in [1.807, 2.05) is 25.1 Å². The van der Waals surface area contributed by atoms with E-state index >= 15 is 0 Å². The Kier molecular flexibility index (Phi) is 4.58. The molecule has 0 spiro atoms. The van der Waals surface area contributed by atoms with E-state index in [0.717, 1.165) is 20.7 Å². The van der Waals surface area contributed by atoms with Gasteiger partial charge in [-0.2, -0.15) is 0 Å². The second-order valence-corrected chi connectivity index (χ2v) is 5.93. The summed E-state index contributed by atoms with van der Waals surface area (Å²) in [4.78, 5) is 0. The van der Waals surface area contributed by atoms with Crippen molar-refractivity contribution in [2.24, 2.45) is 0 Å². The van der Waals surface area contributed by atoms with Gasteiger partial charge in [0.25, 0.3) is 0 Å². The van der Waals surface area contributed by atoms with E-state index in [4.69, 9.17) is 0 Å². The molecule has 0 bridgehead atoms. The van der Waals surface area contributed by atoms with Gasteiger partial charge >= 0.3 is 0 Å². The van der Waals surface area contributed by atoms with E-state index in [9.17, 15) is 8.78 Å². The monoisotopic (exact) mass is 389 g/mol. The minimum atomic E-state index is -0.834. The number of halogens is 4. The van der Waals surface area contributed by atoms with Gasteiger partial charge in [0.2, 0.25) is 0 Å². The summed E-state index contributed by atoms with van der Waals surface area (Å²) >= 11 is 6.83. The Morgan fingerprint density at radius 3 is 2.42 bits per heavy atom. The van der Waals surface area contributed by atoms with Crippen molar-refractivity contribution in [3.05, 3.63) is 62.5 Å². The number of hydrogen-bond acceptors (Lipinski definition) is 1. The molecule has 100 valence electrons. The molecule has 0 heterocycles. The molecule has 2 aromatic carbocycles. The maximum absolute atomic E-state index is 13.2. The van der Waals surface area contributed by atoms with Gasteiger partial charge in [-0.1, -0.05) is 22.0 Å². The molecule has 1 unspecified atom stereocenters. The average Bonchev–Trinajstić information content (AvgIpc) is 2.37. The maximum Gasteiger partial charge on any atom is 0.159 e. The van der Waals surface area contributed by atoms with Crippen LogP contribution in [0, 0.1) is 11.6 Å². The molecule has 0 fully saturated rings. The molecule has 2 rings (SSSR count).